The van der Waals surface area contributed by atoms with E-state index < -0.39 is 13.9 Å². The van der Waals surface area contributed by atoms with Crippen molar-refractivity contribution in [2.75, 3.05) is 13.2 Å². The molecule has 23 heavy (non-hydrogen) atoms. The van der Waals surface area contributed by atoms with Crippen LogP contribution in [-0.2, 0) is 9.16 Å². The Bertz CT molecular complexity index is 412. The van der Waals surface area contributed by atoms with Crippen molar-refractivity contribution < 1.29 is 19.1 Å². The third kappa shape index (κ3) is 5.76. The van der Waals surface area contributed by atoms with Crippen molar-refractivity contribution in [3.8, 4) is 0 Å². The number of amides is 1. The van der Waals surface area contributed by atoms with E-state index in [1.807, 2.05) is 20.8 Å². The van der Waals surface area contributed by atoms with E-state index in [0.717, 1.165) is 12.8 Å². The van der Waals surface area contributed by atoms with Gasteiger partial charge in [-0.1, -0.05) is 20.8 Å². The van der Waals surface area contributed by atoms with Crippen LogP contribution in [-0.4, -0.2) is 55.3 Å². The van der Waals surface area contributed by atoms with Crippen LogP contribution in [0, 0.1) is 0 Å². The number of nitrogens with zero attached hydrogens (tertiary/aromatic N) is 1. The number of hydrogen-bond acceptors (Lipinski definition) is 4. The standard InChI is InChI=1S/C17H35NO4Si/c1-16(2,3)21-15(20)18-11-14(10-9-13(18)12-19)22-23(7,8)17(4,5)6/h13-14,19H,9-12H2,1-8H3/t13-,14+/m1/s1. The summed E-state index contributed by atoms with van der Waals surface area (Å²) in [6.45, 7) is 17.1. The van der Waals surface area contributed by atoms with Crippen LogP contribution in [0.15, 0.2) is 0 Å². The minimum absolute atomic E-state index is 0.0196. The molecule has 1 fully saturated rings. The molecule has 1 amide bonds. The number of carbonyl (C=O) groups excluding carboxylic acids is 1. The molecule has 1 rings (SSSR count). The summed E-state index contributed by atoms with van der Waals surface area (Å²) in [5, 5.41) is 9.71. The smallest absolute Gasteiger partial charge is 0.410 e. The SMILES string of the molecule is CC(C)(C)OC(=O)N1C[C@@H](O[Si](C)(C)C(C)(C)C)CC[C@@H]1CO. The van der Waals surface area contributed by atoms with E-state index in [1.54, 1.807) is 4.90 Å². The zero-order chi connectivity index (χ0) is 18.1. The van der Waals surface area contributed by atoms with Gasteiger partial charge >= 0.3 is 6.09 Å². The minimum atomic E-state index is -1.88. The number of carbonyl (C=O) groups is 1. The fraction of sp³-hybridized carbons (Fsp3) is 0.941. The number of hydrogen-bond donors (Lipinski definition) is 1. The number of ether oxygens (including phenoxy) is 1. The third-order valence-electron chi connectivity index (χ3n) is 4.77. The van der Waals surface area contributed by atoms with Gasteiger partial charge < -0.3 is 19.2 Å². The number of aliphatic hydroxyl groups is 1. The summed E-state index contributed by atoms with van der Waals surface area (Å²) in [6.07, 6.45) is 1.28. The molecule has 1 N–H and O–H groups in total. The summed E-state index contributed by atoms with van der Waals surface area (Å²) in [5.41, 5.74) is -0.537. The molecule has 1 heterocycles. The Labute approximate surface area is 142 Å². The predicted octanol–water partition coefficient (Wildman–Crippen LogP) is 3.77. The maximum absolute atomic E-state index is 12.4. The van der Waals surface area contributed by atoms with Gasteiger partial charge in [0, 0.05) is 6.54 Å². The maximum atomic E-state index is 12.4. The zero-order valence-corrected chi connectivity index (χ0v) is 17.1. The van der Waals surface area contributed by atoms with Crippen molar-refractivity contribution in [1.82, 2.24) is 4.90 Å². The molecule has 6 heteroatoms. The average Bonchev–Trinajstić information content (AvgIpc) is 2.34. The minimum Gasteiger partial charge on any atom is -0.444 e. The van der Waals surface area contributed by atoms with Crippen LogP contribution in [0.4, 0.5) is 4.79 Å². The normalized spacial score (nSPS) is 23.8. The second kappa shape index (κ2) is 7.11. The van der Waals surface area contributed by atoms with E-state index in [-0.39, 0.29) is 29.9 Å². The van der Waals surface area contributed by atoms with Crippen molar-refractivity contribution in [2.24, 2.45) is 0 Å². The van der Waals surface area contributed by atoms with E-state index in [9.17, 15) is 9.90 Å². The lowest BCUT2D eigenvalue weighted by Crippen LogP contribution is -2.55. The van der Waals surface area contributed by atoms with Gasteiger partial charge in [-0.15, -0.1) is 0 Å². The first-order valence-electron chi connectivity index (χ1n) is 8.55. The molecular weight excluding hydrogens is 310 g/mol. The summed E-state index contributed by atoms with van der Waals surface area (Å²) in [6, 6.07) is -0.177. The Morgan fingerprint density at radius 3 is 2.17 bits per heavy atom. The molecule has 2 atom stereocenters. The summed E-state index contributed by atoms with van der Waals surface area (Å²) in [4.78, 5) is 14.1. The Morgan fingerprint density at radius 1 is 1.17 bits per heavy atom. The third-order valence-corrected chi connectivity index (χ3v) is 9.30. The van der Waals surface area contributed by atoms with Crippen LogP contribution in [0.5, 0.6) is 0 Å². The van der Waals surface area contributed by atoms with Crippen molar-refractivity contribution in [1.29, 1.82) is 0 Å². The molecule has 0 saturated carbocycles. The Kier molecular flexibility index (Phi) is 6.32. The molecule has 0 aromatic heterocycles. The van der Waals surface area contributed by atoms with Crippen LogP contribution >= 0.6 is 0 Å². The first-order valence-corrected chi connectivity index (χ1v) is 11.5. The lowest BCUT2D eigenvalue weighted by atomic mass is 10.0. The van der Waals surface area contributed by atoms with Gasteiger partial charge in [-0.05, 0) is 51.7 Å². The van der Waals surface area contributed by atoms with Gasteiger partial charge in [-0.2, -0.15) is 0 Å². The maximum Gasteiger partial charge on any atom is 0.410 e. The lowest BCUT2D eigenvalue weighted by molar-refractivity contribution is -0.0198. The predicted molar refractivity (Wildman–Crippen MR) is 95.1 cm³/mol. The number of aliphatic hydroxyl groups excluding tert-OH is 1. The zero-order valence-electron chi connectivity index (χ0n) is 16.1. The summed E-state index contributed by atoms with van der Waals surface area (Å²) >= 11 is 0. The molecule has 0 aromatic carbocycles. The molecule has 0 radical (unpaired) electrons. The molecule has 5 nitrogen and oxygen atoms in total. The molecule has 0 aliphatic carbocycles. The van der Waals surface area contributed by atoms with Gasteiger partial charge in [0.15, 0.2) is 8.32 Å². The van der Waals surface area contributed by atoms with Crippen LogP contribution in [0.2, 0.25) is 18.1 Å². The van der Waals surface area contributed by atoms with E-state index >= 15 is 0 Å². The van der Waals surface area contributed by atoms with Crippen molar-refractivity contribution >= 4 is 14.4 Å². The van der Waals surface area contributed by atoms with Crippen LogP contribution in [0.25, 0.3) is 0 Å². The quantitative estimate of drug-likeness (QED) is 0.791. The molecule has 0 unspecified atom stereocenters. The Hall–Kier alpha value is -0.593. The molecule has 1 saturated heterocycles. The van der Waals surface area contributed by atoms with Gasteiger partial charge in [-0.25, -0.2) is 4.79 Å². The molecule has 1 aliphatic rings. The fourth-order valence-corrected chi connectivity index (χ4v) is 3.80. The van der Waals surface area contributed by atoms with Gasteiger partial charge in [-0.3, -0.25) is 0 Å². The van der Waals surface area contributed by atoms with E-state index in [4.69, 9.17) is 9.16 Å². The van der Waals surface area contributed by atoms with Gasteiger partial charge in [0.25, 0.3) is 0 Å². The van der Waals surface area contributed by atoms with Gasteiger partial charge in [0.05, 0.1) is 18.8 Å². The van der Waals surface area contributed by atoms with Crippen LogP contribution in [0.3, 0.4) is 0 Å². The summed E-state index contributed by atoms with van der Waals surface area (Å²) in [5.74, 6) is 0. The summed E-state index contributed by atoms with van der Waals surface area (Å²) in [7, 11) is -1.88. The van der Waals surface area contributed by atoms with E-state index in [1.165, 1.54) is 0 Å². The average molecular weight is 346 g/mol. The fourth-order valence-electron chi connectivity index (χ4n) is 2.42. The van der Waals surface area contributed by atoms with Crippen molar-refractivity contribution in [3.05, 3.63) is 0 Å². The monoisotopic (exact) mass is 345 g/mol. The van der Waals surface area contributed by atoms with Crippen molar-refractivity contribution in [3.63, 3.8) is 0 Å². The highest BCUT2D eigenvalue weighted by atomic mass is 28.4. The second-order valence-electron chi connectivity index (χ2n) is 9.05. The lowest BCUT2D eigenvalue weighted by Gasteiger charge is -2.44. The summed E-state index contributed by atoms with van der Waals surface area (Å²) < 4.78 is 11.9. The first kappa shape index (κ1) is 20.5. The highest BCUT2D eigenvalue weighted by Gasteiger charge is 2.42. The molecular formula is C17H35NO4Si. The van der Waals surface area contributed by atoms with E-state index in [0.29, 0.717) is 6.54 Å². The molecule has 1 aliphatic heterocycles. The second-order valence-corrected chi connectivity index (χ2v) is 13.8. The molecule has 0 spiro atoms. The number of likely N-dealkylation sites (tertiary alicyclic amines) is 1. The van der Waals surface area contributed by atoms with E-state index in [2.05, 4.69) is 33.9 Å². The van der Waals surface area contributed by atoms with Gasteiger partial charge in [0.2, 0.25) is 0 Å². The molecule has 0 aromatic rings. The number of piperidine rings is 1. The van der Waals surface area contributed by atoms with Crippen molar-refractivity contribution in [2.45, 2.75) is 90.3 Å². The van der Waals surface area contributed by atoms with Crippen LogP contribution in [0.1, 0.15) is 54.4 Å². The van der Waals surface area contributed by atoms with Crippen LogP contribution < -0.4 is 0 Å². The first-order chi connectivity index (χ1) is 10.3. The Morgan fingerprint density at radius 2 is 1.74 bits per heavy atom. The van der Waals surface area contributed by atoms with Gasteiger partial charge in [0.1, 0.15) is 5.60 Å². The molecule has 136 valence electrons. The number of rotatable bonds is 3. The molecule has 0 bridgehead atoms. The Balaban J connectivity index is 2.80. The largest absolute Gasteiger partial charge is 0.444 e. The highest BCUT2D eigenvalue weighted by Crippen LogP contribution is 2.38. The highest BCUT2D eigenvalue weighted by molar-refractivity contribution is 6.74. The topological polar surface area (TPSA) is 59.0 Å².